The standard InChI is InChI=1S/C20H20N2OS2/c1-13-6-5-7-16(14(13)2)21-19(23)18-15-8-11-24-12-17(15)25-20(18)22-9-3-4-10-22/h3-7,9-10H,8,11-12H2,1-2H3,(H,21,23). The van der Waals surface area contributed by atoms with Crippen molar-refractivity contribution >= 4 is 34.7 Å². The molecule has 0 fully saturated rings. The van der Waals surface area contributed by atoms with Gasteiger partial charge in [0, 0.05) is 28.7 Å². The second-order valence-electron chi connectivity index (χ2n) is 6.28. The molecule has 0 atom stereocenters. The van der Waals surface area contributed by atoms with Gasteiger partial charge in [-0.3, -0.25) is 4.79 Å². The van der Waals surface area contributed by atoms with Crippen molar-refractivity contribution in [3.05, 3.63) is 69.9 Å². The molecular formula is C20H20N2OS2. The highest BCUT2D eigenvalue weighted by Gasteiger charge is 2.26. The van der Waals surface area contributed by atoms with Gasteiger partial charge in [-0.1, -0.05) is 12.1 Å². The summed E-state index contributed by atoms with van der Waals surface area (Å²) >= 11 is 3.69. The topological polar surface area (TPSA) is 34.0 Å². The Morgan fingerprint density at radius 2 is 1.96 bits per heavy atom. The molecule has 0 spiro atoms. The third-order valence-corrected chi connectivity index (χ3v) is 7.13. The van der Waals surface area contributed by atoms with Gasteiger partial charge in [-0.25, -0.2) is 0 Å². The Labute approximate surface area is 156 Å². The zero-order valence-electron chi connectivity index (χ0n) is 14.3. The summed E-state index contributed by atoms with van der Waals surface area (Å²) < 4.78 is 2.06. The van der Waals surface area contributed by atoms with Crippen molar-refractivity contribution in [3.63, 3.8) is 0 Å². The lowest BCUT2D eigenvalue weighted by Crippen LogP contribution is -2.17. The van der Waals surface area contributed by atoms with Crippen LogP contribution in [0.2, 0.25) is 0 Å². The van der Waals surface area contributed by atoms with Gasteiger partial charge in [0.2, 0.25) is 0 Å². The van der Waals surface area contributed by atoms with Gasteiger partial charge < -0.3 is 9.88 Å². The molecule has 1 aromatic carbocycles. The third-order valence-electron chi connectivity index (χ3n) is 4.72. The average molecular weight is 369 g/mol. The van der Waals surface area contributed by atoms with Crippen LogP contribution in [-0.4, -0.2) is 16.2 Å². The van der Waals surface area contributed by atoms with E-state index in [0.717, 1.165) is 39.7 Å². The predicted octanol–water partition coefficient (Wildman–Crippen LogP) is 5.20. The SMILES string of the molecule is Cc1cccc(NC(=O)c2c(-n3cccc3)sc3c2CCSC3)c1C. The first kappa shape index (κ1) is 16.5. The maximum atomic E-state index is 13.2. The Balaban J connectivity index is 1.77. The van der Waals surface area contributed by atoms with Crippen molar-refractivity contribution in [1.29, 1.82) is 0 Å². The van der Waals surface area contributed by atoms with E-state index in [9.17, 15) is 4.79 Å². The number of amides is 1. The molecule has 1 amide bonds. The van der Waals surface area contributed by atoms with Gasteiger partial charge in [0.25, 0.3) is 5.91 Å². The van der Waals surface area contributed by atoms with E-state index < -0.39 is 0 Å². The second-order valence-corrected chi connectivity index (χ2v) is 8.47. The van der Waals surface area contributed by atoms with Crippen LogP contribution < -0.4 is 5.32 Å². The van der Waals surface area contributed by atoms with Gasteiger partial charge in [-0.2, -0.15) is 11.8 Å². The molecule has 5 heteroatoms. The highest BCUT2D eigenvalue weighted by atomic mass is 32.2. The second kappa shape index (κ2) is 6.73. The van der Waals surface area contributed by atoms with Crippen molar-refractivity contribution in [3.8, 4) is 5.00 Å². The summed E-state index contributed by atoms with van der Waals surface area (Å²) in [6, 6.07) is 10.0. The zero-order valence-corrected chi connectivity index (χ0v) is 16.0. The van der Waals surface area contributed by atoms with Crippen molar-refractivity contribution in [2.75, 3.05) is 11.1 Å². The molecule has 1 aliphatic rings. The van der Waals surface area contributed by atoms with E-state index in [4.69, 9.17) is 0 Å². The lowest BCUT2D eigenvalue weighted by molar-refractivity contribution is 0.102. The normalized spacial score (nSPS) is 13.5. The number of rotatable bonds is 3. The van der Waals surface area contributed by atoms with Gasteiger partial charge in [-0.15, -0.1) is 11.3 Å². The summed E-state index contributed by atoms with van der Waals surface area (Å²) in [5.74, 6) is 2.09. The maximum absolute atomic E-state index is 13.2. The number of anilines is 1. The molecule has 0 saturated carbocycles. The fourth-order valence-corrected chi connectivity index (χ4v) is 5.62. The molecule has 0 radical (unpaired) electrons. The minimum atomic E-state index is 0.00167. The zero-order chi connectivity index (χ0) is 17.4. The molecule has 0 aliphatic carbocycles. The lowest BCUT2D eigenvalue weighted by Gasteiger charge is -2.14. The van der Waals surface area contributed by atoms with E-state index in [1.165, 1.54) is 16.0 Å². The van der Waals surface area contributed by atoms with Crippen LogP contribution in [0.5, 0.6) is 0 Å². The Hall–Kier alpha value is -1.98. The summed E-state index contributed by atoms with van der Waals surface area (Å²) in [6.45, 7) is 4.12. The van der Waals surface area contributed by atoms with Crippen LogP contribution in [0.25, 0.3) is 5.00 Å². The van der Waals surface area contributed by atoms with Crippen molar-refractivity contribution in [2.45, 2.75) is 26.0 Å². The predicted molar refractivity (Wildman–Crippen MR) is 107 cm³/mol. The first-order valence-corrected chi connectivity index (χ1v) is 10.4. The summed E-state index contributed by atoms with van der Waals surface area (Å²) in [5, 5.41) is 4.18. The molecule has 1 N–H and O–H groups in total. The highest BCUT2D eigenvalue weighted by Crippen LogP contribution is 2.38. The molecule has 0 bridgehead atoms. The number of hydrogen-bond acceptors (Lipinski definition) is 3. The number of fused-ring (bicyclic) bond motifs is 1. The first-order chi connectivity index (χ1) is 12.1. The fraction of sp³-hybridized carbons (Fsp3) is 0.250. The van der Waals surface area contributed by atoms with E-state index in [-0.39, 0.29) is 5.91 Å². The van der Waals surface area contributed by atoms with Crippen molar-refractivity contribution in [2.24, 2.45) is 0 Å². The Morgan fingerprint density at radius 1 is 1.16 bits per heavy atom. The van der Waals surface area contributed by atoms with E-state index in [1.807, 2.05) is 48.4 Å². The first-order valence-electron chi connectivity index (χ1n) is 8.38. The number of carbonyl (C=O) groups is 1. The van der Waals surface area contributed by atoms with Gasteiger partial charge in [0.15, 0.2) is 0 Å². The van der Waals surface area contributed by atoms with E-state index >= 15 is 0 Å². The smallest absolute Gasteiger partial charge is 0.258 e. The van der Waals surface area contributed by atoms with Crippen molar-refractivity contribution in [1.82, 2.24) is 4.57 Å². The third kappa shape index (κ3) is 3.02. The molecule has 128 valence electrons. The largest absolute Gasteiger partial charge is 0.322 e. The molecule has 0 unspecified atom stereocenters. The number of nitrogens with one attached hydrogen (secondary N) is 1. The Kier molecular flexibility index (Phi) is 4.44. The number of aryl methyl sites for hydroxylation is 1. The van der Waals surface area contributed by atoms with Gasteiger partial charge >= 0.3 is 0 Å². The maximum Gasteiger partial charge on any atom is 0.258 e. The molecule has 4 rings (SSSR count). The highest BCUT2D eigenvalue weighted by molar-refractivity contribution is 7.98. The van der Waals surface area contributed by atoms with Crippen LogP contribution in [0, 0.1) is 13.8 Å². The van der Waals surface area contributed by atoms with Crippen LogP contribution in [0.3, 0.4) is 0 Å². The number of benzene rings is 1. The number of carbonyl (C=O) groups excluding carboxylic acids is 1. The van der Waals surface area contributed by atoms with Crippen LogP contribution in [0.4, 0.5) is 5.69 Å². The molecule has 1 aliphatic heterocycles. The van der Waals surface area contributed by atoms with Crippen LogP contribution in [-0.2, 0) is 12.2 Å². The molecule has 2 aromatic heterocycles. The van der Waals surface area contributed by atoms with Crippen LogP contribution in [0.15, 0.2) is 42.7 Å². The van der Waals surface area contributed by atoms with Crippen LogP contribution in [0.1, 0.15) is 31.9 Å². The number of nitrogens with zero attached hydrogens (tertiary/aromatic N) is 1. The van der Waals surface area contributed by atoms with Gasteiger partial charge in [-0.05, 0) is 60.9 Å². The molecule has 3 aromatic rings. The molecular weight excluding hydrogens is 348 g/mol. The number of aromatic nitrogens is 1. The molecule has 25 heavy (non-hydrogen) atoms. The fourth-order valence-electron chi connectivity index (χ4n) is 3.18. The summed E-state index contributed by atoms with van der Waals surface area (Å²) in [5.41, 5.74) is 5.28. The summed E-state index contributed by atoms with van der Waals surface area (Å²) in [7, 11) is 0. The monoisotopic (exact) mass is 368 g/mol. The number of thiophene rings is 1. The number of thioether (sulfide) groups is 1. The summed E-state index contributed by atoms with van der Waals surface area (Å²) in [4.78, 5) is 14.5. The minimum absolute atomic E-state index is 0.00167. The summed E-state index contributed by atoms with van der Waals surface area (Å²) in [6.07, 6.45) is 4.99. The Morgan fingerprint density at radius 3 is 2.76 bits per heavy atom. The Bertz CT molecular complexity index is 926. The quantitative estimate of drug-likeness (QED) is 0.690. The van der Waals surface area contributed by atoms with Gasteiger partial charge in [0.05, 0.1) is 5.56 Å². The minimum Gasteiger partial charge on any atom is -0.322 e. The van der Waals surface area contributed by atoms with E-state index in [2.05, 4.69) is 29.8 Å². The van der Waals surface area contributed by atoms with Crippen molar-refractivity contribution < 1.29 is 4.79 Å². The van der Waals surface area contributed by atoms with E-state index in [1.54, 1.807) is 11.3 Å². The molecule has 3 nitrogen and oxygen atoms in total. The van der Waals surface area contributed by atoms with Gasteiger partial charge in [0.1, 0.15) is 5.00 Å². The molecule has 3 heterocycles. The molecule has 0 saturated heterocycles. The lowest BCUT2D eigenvalue weighted by atomic mass is 10.1. The van der Waals surface area contributed by atoms with Crippen LogP contribution >= 0.6 is 23.1 Å². The average Bonchev–Trinajstić information content (AvgIpc) is 3.25. The van der Waals surface area contributed by atoms with E-state index in [0.29, 0.717) is 0 Å². The number of hydrogen-bond donors (Lipinski definition) is 1.